The van der Waals surface area contributed by atoms with E-state index in [9.17, 15) is 5.11 Å². The van der Waals surface area contributed by atoms with E-state index < -0.39 is 5.60 Å². The molecule has 4 heteroatoms. The van der Waals surface area contributed by atoms with Gasteiger partial charge in [-0.25, -0.2) is 0 Å². The van der Waals surface area contributed by atoms with Gasteiger partial charge in [-0.1, -0.05) is 6.07 Å². The van der Waals surface area contributed by atoms with Crippen molar-refractivity contribution in [3.63, 3.8) is 0 Å². The average molecular weight is 239 g/mol. The van der Waals surface area contributed by atoms with Gasteiger partial charge in [0.2, 0.25) is 0 Å². The molecule has 0 fully saturated rings. The van der Waals surface area contributed by atoms with Crippen molar-refractivity contribution < 1.29 is 14.6 Å². The van der Waals surface area contributed by atoms with Gasteiger partial charge in [-0.15, -0.1) is 0 Å². The summed E-state index contributed by atoms with van der Waals surface area (Å²) in [6.45, 7) is 5.50. The van der Waals surface area contributed by atoms with E-state index >= 15 is 0 Å². The SMILES string of the molecule is COc1cc([C@@H](C)N)ccc1OCC(C)(C)O. The molecule has 0 aliphatic heterocycles. The molecule has 0 aromatic heterocycles. The Kier molecular flexibility index (Phi) is 4.37. The molecule has 0 unspecified atom stereocenters. The largest absolute Gasteiger partial charge is 0.493 e. The number of nitrogens with two attached hydrogens (primary N) is 1. The molecule has 0 radical (unpaired) electrons. The van der Waals surface area contributed by atoms with Gasteiger partial charge in [-0.3, -0.25) is 0 Å². The fourth-order valence-electron chi connectivity index (χ4n) is 1.34. The minimum Gasteiger partial charge on any atom is -0.493 e. The highest BCUT2D eigenvalue weighted by Crippen LogP contribution is 2.30. The van der Waals surface area contributed by atoms with E-state index in [-0.39, 0.29) is 12.6 Å². The van der Waals surface area contributed by atoms with Crippen LogP contribution in [0.25, 0.3) is 0 Å². The first-order chi connectivity index (χ1) is 7.83. The van der Waals surface area contributed by atoms with Crippen LogP contribution >= 0.6 is 0 Å². The summed E-state index contributed by atoms with van der Waals surface area (Å²) in [6.07, 6.45) is 0. The van der Waals surface area contributed by atoms with Crippen molar-refractivity contribution >= 4 is 0 Å². The van der Waals surface area contributed by atoms with Crippen molar-refractivity contribution in [1.29, 1.82) is 0 Å². The third kappa shape index (κ3) is 4.24. The van der Waals surface area contributed by atoms with Gasteiger partial charge in [-0.05, 0) is 38.5 Å². The summed E-state index contributed by atoms with van der Waals surface area (Å²) in [7, 11) is 1.58. The number of methoxy groups -OCH3 is 1. The second-order valence-electron chi connectivity index (χ2n) is 4.80. The number of benzene rings is 1. The van der Waals surface area contributed by atoms with Crippen LogP contribution in [0, 0.1) is 0 Å². The molecule has 0 aliphatic carbocycles. The van der Waals surface area contributed by atoms with Crippen LogP contribution < -0.4 is 15.2 Å². The van der Waals surface area contributed by atoms with E-state index in [2.05, 4.69) is 0 Å². The standard InChI is InChI=1S/C13H21NO3/c1-9(14)10-5-6-11(12(7-10)16-4)17-8-13(2,3)15/h5-7,9,15H,8,14H2,1-4H3/t9-/m1/s1. The van der Waals surface area contributed by atoms with E-state index in [1.165, 1.54) is 0 Å². The summed E-state index contributed by atoms with van der Waals surface area (Å²) in [6, 6.07) is 5.51. The highest BCUT2D eigenvalue weighted by atomic mass is 16.5. The second kappa shape index (κ2) is 5.38. The Labute approximate surface area is 102 Å². The maximum absolute atomic E-state index is 9.60. The van der Waals surface area contributed by atoms with Gasteiger partial charge in [0.25, 0.3) is 0 Å². The zero-order valence-corrected chi connectivity index (χ0v) is 10.9. The fourth-order valence-corrected chi connectivity index (χ4v) is 1.34. The van der Waals surface area contributed by atoms with E-state index in [0.717, 1.165) is 5.56 Å². The number of aliphatic hydroxyl groups is 1. The van der Waals surface area contributed by atoms with Crippen LogP contribution in [0.4, 0.5) is 0 Å². The predicted octanol–water partition coefficient (Wildman–Crippen LogP) is 1.86. The third-order valence-corrected chi connectivity index (χ3v) is 2.29. The van der Waals surface area contributed by atoms with E-state index in [4.69, 9.17) is 15.2 Å². The first-order valence-electron chi connectivity index (χ1n) is 5.62. The quantitative estimate of drug-likeness (QED) is 0.823. The van der Waals surface area contributed by atoms with Crippen LogP contribution in [-0.2, 0) is 0 Å². The summed E-state index contributed by atoms with van der Waals surface area (Å²) in [5.41, 5.74) is 5.91. The number of rotatable bonds is 5. The first-order valence-corrected chi connectivity index (χ1v) is 5.62. The molecule has 0 heterocycles. The lowest BCUT2D eigenvalue weighted by molar-refractivity contribution is 0.0276. The molecule has 1 atom stereocenters. The van der Waals surface area contributed by atoms with Crippen LogP contribution in [0.5, 0.6) is 11.5 Å². The molecule has 4 nitrogen and oxygen atoms in total. The highest BCUT2D eigenvalue weighted by molar-refractivity contribution is 5.43. The van der Waals surface area contributed by atoms with Crippen LogP contribution in [0.15, 0.2) is 18.2 Å². The molecular weight excluding hydrogens is 218 g/mol. The summed E-state index contributed by atoms with van der Waals surface area (Å²) < 4.78 is 10.8. The molecule has 0 spiro atoms. The van der Waals surface area contributed by atoms with Crippen molar-refractivity contribution in [3.8, 4) is 11.5 Å². The molecule has 96 valence electrons. The van der Waals surface area contributed by atoms with Crippen LogP contribution in [0.2, 0.25) is 0 Å². The lowest BCUT2D eigenvalue weighted by atomic mass is 10.1. The Morgan fingerprint density at radius 2 is 2.00 bits per heavy atom. The lowest BCUT2D eigenvalue weighted by Crippen LogP contribution is -2.28. The van der Waals surface area contributed by atoms with Crippen LogP contribution in [0.1, 0.15) is 32.4 Å². The second-order valence-corrected chi connectivity index (χ2v) is 4.80. The summed E-state index contributed by atoms with van der Waals surface area (Å²) in [5.74, 6) is 1.24. The first kappa shape index (κ1) is 13.8. The molecule has 0 aliphatic rings. The maximum atomic E-state index is 9.60. The van der Waals surface area contributed by atoms with Gasteiger partial charge in [0, 0.05) is 6.04 Å². The zero-order chi connectivity index (χ0) is 13.1. The van der Waals surface area contributed by atoms with Gasteiger partial charge in [0.15, 0.2) is 11.5 Å². The molecule has 0 saturated heterocycles. The molecule has 3 N–H and O–H groups in total. The molecule has 1 aromatic carbocycles. The Morgan fingerprint density at radius 3 is 2.47 bits per heavy atom. The predicted molar refractivity (Wildman–Crippen MR) is 67.4 cm³/mol. The van der Waals surface area contributed by atoms with Gasteiger partial charge in [0.05, 0.1) is 12.7 Å². The number of ether oxygens (including phenoxy) is 2. The highest BCUT2D eigenvalue weighted by Gasteiger charge is 2.15. The molecule has 1 rings (SSSR count). The Bertz CT molecular complexity index is 369. The topological polar surface area (TPSA) is 64.7 Å². The van der Waals surface area contributed by atoms with Gasteiger partial charge in [0.1, 0.15) is 6.61 Å². The van der Waals surface area contributed by atoms with Crippen molar-refractivity contribution in [2.24, 2.45) is 5.73 Å². The Balaban J connectivity index is 2.86. The van der Waals surface area contributed by atoms with E-state index in [1.807, 2.05) is 25.1 Å². The molecule has 0 saturated carbocycles. The van der Waals surface area contributed by atoms with Crippen molar-refractivity contribution in [1.82, 2.24) is 0 Å². The fraction of sp³-hybridized carbons (Fsp3) is 0.538. The summed E-state index contributed by atoms with van der Waals surface area (Å²) >= 11 is 0. The zero-order valence-electron chi connectivity index (χ0n) is 10.9. The average Bonchev–Trinajstić information content (AvgIpc) is 2.24. The van der Waals surface area contributed by atoms with Crippen molar-refractivity contribution in [3.05, 3.63) is 23.8 Å². The van der Waals surface area contributed by atoms with Crippen molar-refractivity contribution in [2.45, 2.75) is 32.4 Å². The van der Waals surface area contributed by atoms with E-state index in [0.29, 0.717) is 11.5 Å². The van der Waals surface area contributed by atoms with Crippen LogP contribution in [-0.4, -0.2) is 24.4 Å². The molecule has 1 aromatic rings. The van der Waals surface area contributed by atoms with Crippen molar-refractivity contribution in [2.75, 3.05) is 13.7 Å². The third-order valence-electron chi connectivity index (χ3n) is 2.29. The Morgan fingerprint density at radius 1 is 1.35 bits per heavy atom. The lowest BCUT2D eigenvalue weighted by Gasteiger charge is -2.19. The van der Waals surface area contributed by atoms with Gasteiger partial charge in [-0.2, -0.15) is 0 Å². The van der Waals surface area contributed by atoms with E-state index in [1.54, 1.807) is 21.0 Å². The van der Waals surface area contributed by atoms with Gasteiger partial charge < -0.3 is 20.3 Å². The summed E-state index contributed by atoms with van der Waals surface area (Å²) in [4.78, 5) is 0. The minimum absolute atomic E-state index is 0.0489. The normalized spacial score (nSPS) is 13.3. The van der Waals surface area contributed by atoms with Crippen LogP contribution in [0.3, 0.4) is 0 Å². The Hall–Kier alpha value is -1.26. The molecule has 0 amide bonds. The van der Waals surface area contributed by atoms with Gasteiger partial charge >= 0.3 is 0 Å². The monoisotopic (exact) mass is 239 g/mol. The molecular formula is C13H21NO3. The number of hydrogen-bond acceptors (Lipinski definition) is 4. The smallest absolute Gasteiger partial charge is 0.161 e. The number of hydrogen-bond donors (Lipinski definition) is 2. The molecule has 17 heavy (non-hydrogen) atoms. The minimum atomic E-state index is -0.870. The summed E-state index contributed by atoms with van der Waals surface area (Å²) in [5, 5.41) is 9.60. The molecule has 0 bridgehead atoms. The maximum Gasteiger partial charge on any atom is 0.161 e.